The van der Waals surface area contributed by atoms with E-state index < -0.39 is 11.9 Å². The fourth-order valence-electron chi connectivity index (χ4n) is 5.63. The highest BCUT2D eigenvalue weighted by Gasteiger charge is 2.41. The Morgan fingerprint density at radius 1 is 1.16 bits per heavy atom. The summed E-state index contributed by atoms with van der Waals surface area (Å²) in [6.07, 6.45) is 1.02. The largest absolute Gasteiger partial charge is 0.504 e. The van der Waals surface area contributed by atoms with Crippen LogP contribution < -0.4 is 10.1 Å². The monoisotopic (exact) mass is 527 g/mol. The van der Waals surface area contributed by atoms with Crippen molar-refractivity contribution in [2.75, 3.05) is 12.4 Å². The van der Waals surface area contributed by atoms with Gasteiger partial charge in [0.15, 0.2) is 17.3 Å². The number of hydrogen-bond donors (Lipinski definition) is 3. The number of benzene rings is 2. The van der Waals surface area contributed by atoms with Crippen molar-refractivity contribution in [3.05, 3.63) is 98.5 Å². The number of aryl methyl sites for hydroxylation is 1. The van der Waals surface area contributed by atoms with Crippen LogP contribution >= 0.6 is 11.3 Å². The number of methoxy groups -OCH3 is 1. The molecular formula is C29H25N3O5S. The molecule has 1 aliphatic carbocycles. The van der Waals surface area contributed by atoms with Gasteiger partial charge in [-0.25, -0.2) is 9.48 Å². The molecule has 0 unspecified atom stereocenters. The fourth-order valence-corrected chi connectivity index (χ4v) is 6.47. The molecule has 3 N–H and O–H groups in total. The van der Waals surface area contributed by atoms with Gasteiger partial charge in [-0.2, -0.15) is 5.10 Å². The number of fused-ring (bicyclic) bond motifs is 1. The number of carbonyl (C=O) groups excluding carboxylic acids is 1. The Hall–Kier alpha value is -4.37. The maximum atomic E-state index is 13.8. The third-order valence-corrected chi connectivity index (χ3v) is 8.34. The maximum absolute atomic E-state index is 13.8. The average molecular weight is 528 g/mol. The molecule has 0 amide bonds. The van der Waals surface area contributed by atoms with Gasteiger partial charge in [0.2, 0.25) is 0 Å². The topological polar surface area (TPSA) is 114 Å². The van der Waals surface area contributed by atoms with E-state index in [2.05, 4.69) is 11.4 Å². The van der Waals surface area contributed by atoms with Crippen molar-refractivity contribution in [3.8, 4) is 17.2 Å². The lowest BCUT2D eigenvalue weighted by Crippen LogP contribution is -2.30. The Bertz CT molecular complexity index is 1620. The van der Waals surface area contributed by atoms with E-state index in [0.29, 0.717) is 41.4 Å². The molecule has 0 saturated carbocycles. The molecule has 0 spiro atoms. The molecule has 4 aromatic rings. The average Bonchev–Trinajstić information content (AvgIpc) is 3.56. The van der Waals surface area contributed by atoms with Crippen LogP contribution in [0.5, 0.6) is 11.5 Å². The number of para-hydroxylation sites is 1. The number of phenolic OH excluding ortho intramolecular Hbond substituents is 1. The molecule has 192 valence electrons. The number of carboxylic acid groups (broad SMARTS) is 1. The predicted octanol–water partition coefficient (Wildman–Crippen LogP) is 5.61. The highest BCUT2D eigenvalue weighted by molar-refractivity contribution is 7.10. The van der Waals surface area contributed by atoms with Gasteiger partial charge in [-0.1, -0.05) is 24.3 Å². The lowest BCUT2D eigenvalue weighted by atomic mass is 9.73. The van der Waals surface area contributed by atoms with Gasteiger partial charge in [0, 0.05) is 40.0 Å². The minimum absolute atomic E-state index is 0.0202. The van der Waals surface area contributed by atoms with Gasteiger partial charge in [0.1, 0.15) is 5.82 Å². The molecule has 3 heterocycles. The van der Waals surface area contributed by atoms with Crippen molar-refractivity contribution in [1.82, 2.24) is 9.78 Å². The number of carbonyl (C=O) groups is 2. The summed E-state index contributed by atoms with van der Waals surface area (Å²) in [6, 6.07) is 15.9. The zero-order valence-electron chi connectivity index (χ0n) is 20.8. The summed E-state index contributed by atoms with van der Waals surface area (Å²) in [5.74, 6) is -0.512. The highest BCUT2D eigenvalue weighted by Crippen LogP contribution is 2.50. The van der Waals surface area contributed by atoms with Crippen LogP contribution in [0.3, 0.4) is 0 Å². The number of Topliss-reactive ketones (excluding diaryl/α,β-unsaturated/α-hetero) is 1. The van der Waals surface area contributed by atoms with E-state index in [1.54, 1.807) is 52.4 Å². The van der Waals surface area contributed by atoms with Crippen LogP contribution in [-0.4, -0.2) is 38.9 Å². The van der Waals surface area contributed by atoms with Gasteiger partial charge in [0.05, 0.1) is 24.1 Å². The third kappa shape index (κ3) is 3.78. The first kappa shape index (κ1) is 24.0. The number of nitrogens with zero attached hydrogens (tertiary/aromatic N) is 2. The van der Waals surface area contributed by atoms with Gasteiger partial charge in [-0.15, -0.1) is 11.3 Å². The first-order valence-electron chi connectivity index (χ1n) is 12.2. The zero-order valence-corrected chi connectivity index (χ0v) is 21.6. The fraction of sp³-hybridized carbons (Fsp3) is 0.207. The molecule has 0 bridgehead atoms. The summed E-state index contributed by atoms with van der Waals surface area (Å²) in [4.78, 5) is 27.0. The molecule has 2 atom stereocenters. The molecule has 8 nitrogen and oxygen atoms in total. The molecule has 38 heavy (non-hydrogen) atoms. The van der Waals surface area contributed by atoms with E-state index in [1.807, 2.05) is 24.4 Å². The number of rotatable bonds is 5. The van der Waals surface area contributed by atoms with Gasteiger partial charge in [-0.05, 0) is 54.6 Å². The number of thiophene rings is 1. The second-order valence-corrected chi connectivity index (χ2v) is 10.5. The normalized spacial score (nSPS) is 18.5. The molecule has 9 heteroatoms. The number of aromatic carboxylic acids is 1. The van der Waals surface area contributed by atoms with Crippen molar-refractivity contribution >= 4 is 28.9 Å². The summed E-state index contributed by atoms with van der Waals surface area (Å²) in [5.41, 5.74) is 4.16. The SMILES string of the molecule is COc1ccc([C@H]2C3=C(C[C@H](c4cccs4)CC3=O)Nc3c2c(C)nn3-c2ccccc2C(=O)O)cc1O. The Kier molecular flexibility index (Phi) is 5.80. The lowest BCUT2D eigenvalue weighted by Gasteiger charge is -2.35. The minimum atomic E-state index is -1.06. The van der Waals surface area contributed by atoms with Crippen molar-refractivity contribution in [3.63, 3.8) is 0 Å². The van der Waals surface area contributed by atoms with E-state index in [9.17, 15) is 19.8 Å². The number of nitrogens with one attached hydrogen (secondary N) is 1. The summed E-state index contributed by atoms with van der Waals surface area (Å²) in [7, 11) is 1.49. The van der Waals surface area contributed by atoms with E-state index in [0.717, 1.165) is 21.7 Å². The Morgan fingerprint density at radius 2 is 1.97 bits per heavy atom. The molecule has 2 aromatic heterocycles. The Balaban J connectivity index is 1.57. The van der Waals surface area contributed by atoms with E-state index in [4.69, 9.17) is 9.84 Å². The Labute approximate surface area is 222 Å². The van der Waals surface area contributed by atoms with Crippen LogP contribution in [0.4, 0.5) is 5.82 Å². The van der Waals surface area contributed by atoms with E-state index >= 15 is 0 Å². The number of hydrogen-bond acceptors (Lipinski definition) is 7. The molecule has 0 fully saturated rings. The van der Waals surface area contributed by atoms with Gasteiger partial charge in [0.25, 0.3) is 0 Å². The van der Waals surface area contributed by atoms with Gasteiger partial charge in [-0.3, -0.25) is 4.79 Å². The number of carboxylic acids is 1. The Morgan fingerprint density at radius 3 is 2.68 bits per heavy atom. The third-order valence-electron chi connectivity index (χ3n) is 7.31. The summed E-state index contributed by atoms with van der Waals surface area (Å²) in [5, 5.41) is 30.7. The van der Waals surface area contributed by atoms with Gasteiger partial charge < -0.3 is 20.3 Å². The number of anilines is 1. The van der Waals surface area contributed by atoms with Crippen LogP contribution in [0.1, 0.15) is 56.7 Å². The summed E-state index contributed by atoms with van der Waals surface area (Å²) < 4.78 is 6.87. The maximum Gasteiger partial charge on any atom is 0.337 e. The number of aromatic nitrogens is 2. The quantitative estimate of drug-likeness (QED) is 0.309. The number of phenols is 1. The smallest absolute Gasteiger partial charge is 0.337 e. The van der Waals surface area contributed by atoms with E-state index in [-0.39, 0.29) is 23.0 Å². The van der Waals surface area contributed by atoms with Crippen molar-refractivity contribution in [2.45, 2.75) is 31.6 Å². The van der Waals surface area contributed by atoms with Crippen molar-refractivity contribution in [2.24, 2.45) is 0 Å². The van der Waals surface area contributed by atoms with Crippen LogP contribution in [-0.2, 0) is 4.79 Å². The second kappa shape index (κ2) is 9.18. The predicted molar refractivity (Wildman–Crippen MR) is 144 cm³/mol. The molecule has 6 rings (SSSR count). The summed E-state index contributed by atoms with van der Waals surface area (Å²) in [6.45, 7) is 1.85. The number of aromatic hydroxyl groups is 1. The number of allylic oxidation sites excluding steroid dienone is 2. The first-order chi connectivity index (χ1) is 18.4. The molecule has 2 aromatic carbocycles. The van der Waals surface area contributed by atoms with Crippen molar-refractivity contribution < 1.29 is 24.5 Å². The van der Waals surface area contributed by atoms with E-state index in [1.165, 1.54) is 7.11 Å². The zero-order chi connectivity index (χ0) is 26.6. The van der Waals surface area contributed by atoms with Crippen LogP contribution in [0, 0.1) is 6.92 Å². The number of ether oxygens (including phenoxy) is 1. The molecule has 0 saturated heterocycles. The standard InChI is InChI=1S/C29H25N3O5S/c1-15-25-26(16-9-10-23(37-2)21(33)13-16)27-19(12-17(14-22(27)34)24-8-5-11-38-24)30-28(25)32(31-15)20-7-4-3-6-18(20)29(35)36/h3-11,13,17,26,30,33H,12,14H2,1-2H3,(H,35,36)/t17-,26+/m0/s1. The van der Waals surface area contributed by atoms with Crippen LogP contribution in [0.2, 0.25) is 0 Å². The highest BCUT2D eigenvalue weighted by atomic mass is 32.1. The molecule has 0 radical (unpaired) electrons. The first-order valence-corrected chi connectivity index (χ1v) is 13.1. The van der Waals surface area contributed by atoms with Crippen molar-refractivity contribution in [1.29, 1.82) is 0 Å². The molecule has 2 aliphatic rings. The van der Waals surface area contributed by atoms with Crippen LogP contribution in [0.15, 0.2) is 71.2 Å². The second-order valence-electron chi connectivity index (χ2n) is 9.51. The van der Waals surface area contributed by atoms with Crippen LogP contribution in [0.25, 0.3) is 5.69 Å². The lowest BCUT2D eigenvalue weighted by molar-refractivity contribution is -0.116. The molecule has 1 aliphatic heterocycles. The molecular weight excluding hydrogens is 502 g/mol. The minimum Gasteiger partial charge on any atom is -0.504 e. The van der Waals surface area contributed by atoms with Gasteiger partial charge >= 0.3 is 5.97 Å². The number of ketones is 1. The summed E-state index contributed by atoms with van der Waals surface area (Å²) >= 11 is 1.64.